The molecule has 1 saturated heterocycles. The average Bonchev–Trinajstić information content (AvgIpc) is 3.01. The third-order valence-corrected chi connectivity index (χ3v) is 3.83. The van der Waals surface area contributed by atoms with E-state index < -0.39 is 0 Å². The molecule has 2 aromatic rings. The van der Waals surface area contributed by atoms with Crippen LogP contribution in [0.3, 0.4) is 0 Å². The number of aryl methyl sites for hydroxylation is 1. The minimum absolute atomic E-state index is 0.0694. The summed E-state index contributed by atoms with van der Waals surface area (Å²) >= 11 is 0. The van der Waals surface area contributed by atoms with Crippen molar-refractivity contribution in [2.45, 2.75) is 25.9 Å². The van der Waals surface area contributed by atoms with E-state index in [2.05, 4.69) is 4.98 Å². The van der Waals surface area contributed by atoms with Crippen molar-refractivity contribution in [1.82, 2.24) is 9.88 Å². The Hall–Kier alpha value is -2.50. The van der Waals surface area contributed by atoms with Crippen molar-refractivity contribution in [3.63, 3.8) is 0 Å². The molecule has 1 amide bonds. The van der Waals surface area contributed by atoms with Gasteiger partial charge in [0.25, 0.3) is 5.89 Å². The number of rotatable bonds is 4. The molecule has 3 rings (SSSR count). The van der Waals surface area contributed by atoms with Crippen molar-refractivity contribution < 1.29 is 18.7 Å². The highest BCUT2D eigenvalue weighted by Gasteiger charge is 2.28. The monoisotopic (exact) mass is 316 g/mol. The highest BCUT2D eigenvalue weighted by atomic mass is 16.5. The fraction of sp³-hybridized carbons (Fsp3) is 0.412. The molecule has 0 N–H and O–H groups in total. The highest BCUT2D eigenvalue weighted by molar-refractivity contribution is 5.89. The number of amides is 1. The zero-order valence-corrected chi connectivity index (χ0v) is 13.3. The van der Waals surface area contributed by atoms with Crippen LogP contribution in [0, 0.1) is 6.92 Å². The average molecular weight is 316 g/mol. The summed E-state index contributed by atoms with van der Waals surface area (Å²) < 4.78 is 16.7. The fourth-order valence-corrected chi connectivity index (χ4v) is 2.70. The maximum absolute atomic E-state index is 12.4. The molecule has 1 aliphatic heterocycles. The summed E-state index contributed by atoms with van der Waals surface area (Å²) in [6.07, 6.45) is 3.26. The van der Waals surface area contributed by atoms with Crippen molar-refractivity contribution in [1.29, 1.82) is 0 Å². The van der Waals surface area contributed by atoms with Crippen LogP contribution in [0.5, 0.6) is 11.5 Å². The summed E-state index contributed by atoms with van der Waals surface area (Å²) in [6, 6.07) is 7.53. The lowest BCUT2D eigenvalue weighted by molar-refractivity contribution is 0.0497. The van der Waals surface area contributed by atoms with Gasteiger partial charge in [0.2, 0.25) is 0 Å². The predicted octanol–water partition coefficient (Wildman–Crippen LogP) is 2.68. The van der Waals surface area contributed by atoms with E-state index in [1.807, 2.05) is 24.3 Å². The van der Waals surface area contributed by atoms with Crippen molar-refractivity contribution in [3.05, 3.63) is 42.1 Å². The van der Waals surface area contributed by atoms with E-state index in [-0.39, 0.29) is 17.9 Å². The van der Waals surface area contributed by atoms with Crippen molar-refractivity contribution in [3.8, 4) is 11.5 Å². The summed E-state index contributed by atoms with van der Waals surface area (Å²) in [7, 11) is 1.61. The second kappa shape index (κ2) is 6.73. The smallest absolute Gasteiger partial charge is 0.309 e. The minimum atomic E-state index is -0.188. The van der Waals surface area contributed by atoms with E-state index >= 15 is 0 Å². The molecule has 1 aromatic carbocycles. The van der Waals surface area contributed by atoms with Crippen LogP contribution in [0.25, 0.3) is 0 Å². The number of para-hydroxylation sites is 2. The van der Waals surface area contributed by atoms with Crippen LogP contribution in [0.4, 0.5) is 0 Å². The maximum Gasteiger partial charge on any atom is 0.309 e. The number of carbonyl (C=O) groups is 1. The zero-order valence-electron chi connectivity index (χ0n) is 13.3. The minimum Gasteiger partial charge on any atom is -0.493 e. The van der Waals surface area contributed by atoms with E-state index in [9.17, 15) is 4.79 Å². The van der Waals surface area contributed by atoms with Crippen LogP contribution in [-0.2, 0) is 0 Å². The molecule has 23 heavy (non-hydrogen) atoms. The number of likely N-dealkylation sites (tertiary alicyclic amines) is 1. The molecule has 0 unspecified atom stereocenters. The predicted molar refractivity (Wildman–Crippen MR) is 83.8 cm³/mol. The first-order valence-corrected chi connectivity index (χ1v) is 7.68. The Morgan fingerprint density at radius 3 is 2.83 bits per heavy atom. The molecule has 6 heteroatoms. The first-order chi connectivity index (χ1) is 11.2. The number of piperidine rings is 1. The molecule has 0 bridgehead atoms. The first kappa shape index (κ1) is 15.4. The van der Waals surface area contributed by atoms with Gasteiger partial charge in [-0.1, -0.05) is 12.1 Å². The van der Waals surface area contributed by atoms with Gasteiger partial charge in [-0.25, -0.2) is 4.98 Å². The number of hydrogen-bond acceptors (Lipinski definition) is 5. The van der Waals surface area contributed by atoms with E-state index in [0.717, 1.165) is 12.8 Å². The molecule has 1 atom stereocenters. The number of nitrogens with zero attached hydrogens (tertiary/aromatic N) is 2. The first-order valence-electron chi connectivity index (χ1n) is 7.68. The molecule has 122 valence electrons. The van der Waals surface area contributed by atoms with E-state index in [0.29, 0.717) is 30.3 Å². The third-order valence-electron chi connectivity index (χ3n) is 3.83. The molecule has 0 aliphatic carbocycles. The van der Waals surface area contributed by atoms with Gasteiger partial charge >= 0.3 is 5.91 Å². The standard InChI is InChI=1S/C17H20N2O4/c1-12-10-18-16(22-12)17(20)19-9-5-6-13(11-19)23-15-8-4-3-7-14(15)21-2/h3-4,7-8,10,13H,5-6,9,11H2,1-2H3/t13-/m1/s1. The molecule has 0 radical (unpaired) electrons. The van der Waals surface area contributed by atoms with Gasteiger partial charge in [-0.05, 0) is 31.9 Å². The Kier molecular flexibility index (Phi) is 4.50. The molecule has 0 spiro atoms. The molecular weight excluding hydrogens is 296 g/mol. The molecule has 1 aliphatic rings. The molecule has 1 fully saturated rings. The lowest BCUT2D eigenvalue weighted by atomic mass is 10.1. The van der Waals surface area contributed by atoms with Gasteiger partial charge in [0, 0.05) is 6.54 Å². The summed E-state index contributed by atoms with van der Waals surface area (Å²) in [5.74, 6) is 1.97. The Labute approximate surface area is 135 Å². The topological polar surface area (TPSA) is 64.8 Å². The molecular formula is C17H20N2O4. The number of hydrogen-bond donors (Lipinski definition) is 0. The Morgan fingerprint density at radius 1 is 1.35 bits per heavy atom. The molecule has 0 saturated carbocycles. The van der Waals surface area contributed by atoms with E-state index in [1.54, 1.807) is 25.1 Å². The van der Waals surface area contributed by atoms with Crippen molar-refractivity contribution >= 4 is 5.91 Å². The van der Waals surface area contributed by atoms with Crippen LogP contribution < -0.4 is 9.47 Å². The number of carbonyl (C=O) groups excluding carboxylic acids is 1. The fourth-order valence-electron chi connectivity index (χ4n) is 2.70. The van der Waals surface area contributed by atoms with E-state index in [4.69, 9.17) is 13.9 Å². The number of methoxy groups -OCH3 is 1. The Morgan fingerprint density at radius 2 is 2.13 bits per heavy atom. The third kappa shape index (κ3) is 3.47. The summed E-state index contributed by atoms with van der Waals surface area (Å²) in [6.45, 7) is 2.97. The summed E-state index contributed by atoms with van der Waals surface area (Å²) in [5.41, 5.74) is 0. The largest absolute Gasteiger partial charge is 0.493 e. The molecule has 2 heterocycles. The highest BCUT2D eigenvalue weighted by Crippen LogP contribution is 2.28. The van der Waals surface area contributed by atoms with Gasteiger partial charge in [-0.3, -0.25) is 4.79 Å². The lowest BCUT2D eigenvalue weighted by Crippen LogP contribution is -2.44. The van der Waals surface area contributed by atoms with Crippen LogP contribution in [0.1, 0.15) is 29.3 Å². The summed E-state index contributed by atoms with van der Waals surface area (Å²) in [5, 5.41) is 0. The van der Waals surface area contributed by atoms with Crippen molar-refractivity contribution in [2.75, 3.05) is 20.2 Å². The summed E-state index contributed by atoms with van der Waals surface area (Å²) in [4.78, 5) is 18.2. The SMILES string of the molecule is COc1ccccc1O[C@@H]1CCCN(C(=O)c2ncc(C)o2)C1. The van der Waals surface area contributed by atoms with Gasteiger partial charge in [-0.15, -0.1) is 0 Å². The maximum atomic E-state index is 12.4. The normalized spacial score (nSPS) is 17.8. The van der Waals surface area contributed by atoms with Crippen molar-refractivity contribution in [2.24, 2.45) is 0 Å². The van der Waals surface area contributed by atoms with Crippen LogP contribution >= 0.6 is 0 Å². The Bertz CT molecular complexity index is 683. The van der Waals surface area contributed by atoms with Crippen LogP contribution in [0.2, 0.25) is 0 Å². The number of aromatic nitrogens is 1. The quantitative estimate of drug-likeness (QED) is 0.867. The van der Waals surface area contributed by atoms with E-state index in [1.165, 1.54) is 0 Å². The number of benzene rings is 1. The van der Waals surface area contributed by atoms with Gasteiger partial charge in [0.1, 0.15) is 11.9 Å². The second-order valence-corrected chi connectivity index (χ2v) is 5.56. The van der Waals surface area contributed by atoms with Gasteiger partial charge in [0.05, 0.1) is 19.9 Å². The van der Waals surface area contributed by atoms with Crippen LogP contribution in [0.15, 0.2) is 34.9 Å². The number of ether oxygens (including phenoxy) is 2. The molecule has 6 nitrogen and oxygen atoms in total. The van der Waals surface area contributed by atoms with Gasteiger partial charge < -0.3 is 18.8 Å². The lowest BCUT2D eigenvalue weighted by Gasteiger charge is -2.32. The van der Waals surface area contributed by atoms with Gasteiger partial charge in [0.15, 0.2) is 11.5 Å². The number of oxazole rings is 1. The zero-order chi connectivity index (χ0) is 16.2. The molecule has 1 aromatic heterocycles. The van der Waals surface area contributed by atoms with Gasteiger partial charge in [-0.2, -0.15) is 0 Å². The Balaban J connectivity index is 1.67. The second-order valence-electron chi connectivity index (χ2n) is 5.56. The van der Waals surface area contributed by atoms with Crippen LogP contribution in [-0.4, -0.2) is 42.1 Å².